The Bertz CT molecular complexity index is 870. The maximum absolute atomic E-state index is 12.4. The summed E-state index contributed by atoms with van der Waals surface area (Å²) >= 11 is 0. The van der Waals surface area contributed by atoms with Gasteiger partial charge in [-0.3, -0.25) is 4.79 Å². The monoisotopic (exact) mass is 316 g/mol. The average Bonchev–Trinajstić information content (AvgIpc) is 2.53. The van der Waals surface area contributed by atoms with Crippen molar-refractivity contribution in [1.82, 2.24) is 0 Å². The molecule has 0 aromatic heterocycles. The molecule has 0 unspecified atom stereocenters. The van der Waals surface area contributed by atoms with E-state index in [-0.39, 0.29) is 5.75 Å². The minimum Gasteiger partial charge on any atom is -0.406 e. The first-order chi connectivity index (χ1) is 11.0. The van der Waals surface area contributed by atoms with Crippen molar-refractivity contribution in [2.45, 2.75) is 6.36 Å². The molecule has 0 radical (unpaired) electrons. The number of benzene rings is 3. The second kappa shape index (κ2) is 5.76. The fraction of sp³-hybridized carbons (Fsp3) is 0.0556. The largest absolute Gasteiger partial charge is 0.573 e. The SMILES string of the molecule is O=Cc1ccc(OC(F)(F)F)cc1-c1ccc2ccccc2c1. The molecule has 3 rings (SSSR count). The van der Waals surface area contributed by atoms with Gasteiger partial charge in [-0.05, 0) is 46.2 Å². The van der Waals surface area contributed by atoms with Crippen LogP contribution in [0.5, 0.6) is 5.75 Å². The van der Waals surface area contributed by atoms with Crippen molar-refractivity contribution < 1.29 is 22.7 Å². The molecule has 3 aromatic carbocycles. The summed E-state index contributed by atoms with van der Waals surface area (Å²) in [5.74, 6) is -0.355. The van der Waals surface area contributed by atoms with Crippen molar-refractivity contribution in [2.75, 3.05) is 0 Å². The molecule has 0 N–H and O–H groups in total. The topological polar surface area (TPSA) is 26.3 Å². The Hall–Kier alpha value is -2.82. The molecule has 0 saturated heterocycles. The van der Waals surface area contributed by atoms with E-state index >= 15 is 0 Å². The molecule has 0 amide bonds. The third-order valence-corrected chi connectivity index (χ3v) is 3.45. The van der Waals surface area contributed by atoms with Crippen LogP contribution in [0.1, 0.15) is 10.4 Å². The molecule has 2 nitrogen and oxygen atoms in total. The number of fused-ring (bicyclic) bond motifs is 1. The predicted molar refractivity (Wildman–Crippen MR) is 81.5 cm³/mol. The summed E-state index contributed by atoms with van der Waals surface area (Å²) in [5.41, 5.74) is 1.35. The number of carbonyl (C=O) groups is 1. The zero-order chi connectivity index (χ0) is 16.4. The van der Waals surface area contributed by atoms with E-state index in [1.807, 2.05) is 36.4 Å². The molecule has 3 aromatic rings. The molecule has 0 heterocycles. The van der Waals surface area contributed by atoms with Gasteiger partial charge in [0.1, 0.15) is 5.75 Å². The van der Waals surface area contributed by atoms with Crippen molar-refractivity contribution in [3.63, 3.8) is 0 Å². The van der Waals surface area contributed by atoms with Crippen LogP contribution in [0.2, 0.25) is 0 Å². The normalized spacial score (nSPS) is 11.4. The first-order valence-electron chi connectivity index (χ1n) is 6.80. The summed E-state index contributed by atoms with van der Waals surface area (Å²) in [5, 5.41) is 1.94. The molecule has 0 fully saturated rings. The van der Waals surface area contributed by atoms with E-state index in [1.54, 1.807) is 6.07 Å². The zero-order valence-corrected chi connectivity index (χ0v) is 11.8. The number of hydrogen-bond donors (Lipinski definition) is 0. The van der Waals surface area contributed by atoms with Crippen LogP contribution >= 0.6 is 0 Å². The van der Waals surface area contributed by atoms with Gasteiger partial charge < -0.3 is 4.74 Å². The van der Waals surface area contributed by atoms with E-state index < -0.39 is 6.36 Å². The standard InChI is InChI=1S/C18H11F3O2/c19-18(20,21)23-16-8-7-15(11-22)17(10-16)14-6-5-12-3-1-2-4-13(12)9-14/h1-11H. The Labute approximate surface area is 130 Å². The fourth-order valence-corrected chi connectivity index (χ4v) is 2.44. The minimum atomic E-state index is -4.77. The summed E-state index contributed by atoms with van der Waals surface area (Å²) in [6, 6.07) is 16.7. The lowest BCUT2D eigenvalue weighted by atomic mass is 9.97. The van der Waals surface area contributed by atoms with E-state index in [2.05, 4.69) is 4.74 Å². The van der Waals surface area contributed by atoms with E-state index in [0.29, 0.717) is 23.0 Å². The van der Waals surface area contributed by atoms with Gasteiger partial charge in [0.15, 0.2) is 6.29 Å². The molecule has 0 spiro atoms. The first kappa shape index (κ1) is 15.1. The molecule has 0 aliphatic rings. The Kier molecular flexibility index (Phi) is 3.78. The third kappa shape index (κ3) is 3.34. The highest BCUT2D eigenvalue weighted by molar-refractivity contribution is 5.92. The van der Waals surface area contributed by atoms with Crippen LogP contribution in [0, 0.1) is 0 Å². The quantitative estimate of drug-likeness (QED) is 0.619. The number of alkyl halides is 3. The number of hydrogen-bond acceptors (Lipinski definition) is 2. The van der Waals surface area contributed by atoms with E-state index in [4.69, 9.17) is 0 Å². The third-order valence-electron chi connectivity index (χ3n) is 3.45. The van der Waals surface area contributed by atoms with Crippen LogP contribution < -0.4 is 4.74 Å². The van der Waals surface area contributed by atoms with Gasteiger partial charge in [0.2, 0.25) is 0 Å². The number of ether oxygens (including phenoxy) is 1. The van der Waals surface area contributed by atoms with Crippen LogP contribution in [0.4, 0.5) is 13.2 Å². The van der Waals surface area contributed by atoms with Crippen LogP contribution in [-0.4, -0.2) is 12.6 Å². The molecular formula is C18H11F3O2. The molecule has 0 aliphatic heterocycles. The Morgan fingerprint density at radius 3 is 2.30 bits per heavy atom. The van der Waals surface area contributed by atoms with Crippen molar-refractivity contribution in [3.8, 4) is 16.9 Å². The second-order valence-electron chi connectivity index (χ2n) is 4.98. The smallest absolute Gasteiger partial charge is 0.406 e. The van der Waals surface area contributed by atoms with E-state index in [1.165, 1.54) is 12.1 Å². The van der Waals surface area contributed by atoms with Crippen molar-refractivity contribution in [3.05, 3.63) is 66.2 Å². The second-order valence-corrected chi connectivity index (χ2v) is 4.98. The molecule has 0 saturated carbocycles. The van der Waals surface area contributed by atoms with Gasteiger partial charge >= 0.3 is 6.36 Å². The van der Waals surface area contributed by atoms with Crippen LogP contribution in [0.3, 0.4) is 0 Å². The van der Waals surface area contributed by atoms with Gasteiger partial charge in [-0.1, -0.05) is 36.4 Å². The Morgan fingerprint density at radius 1 is 0.870 bits per heavy atom. The van der Waals surface area contributed by atoms with Crippen molar-refractivity contribution in [1.29, 1.82) is 0 Å². The Balaban J connectivity index is 2.11. The lowest BCUT2D eigenvalue weighted by Gasteiger charge is -2.12. The molecular weight excluding hydrogens is 305 g/mol. The van der Waals surface area contributed by atoms with Gasteiger partial charge in [-0.15, -0.1) is 13.2 Å². The minimum absolute atomic E-state index is 0.301. The number of carbonyl (C=O) groups excluding carboxylic acids is 1. The fourth-order valence-electron chi connectivity index (χ4n) is 2.44. The van der Waals surface area contributed by atoms with Gasteiger partial charge in [-0.2, -0.15) is 0 Å². The zero-order valence-electron chi connectivity index (χ0n) is 11.8. The number of rotatable bonds is 3. The summed E-state index contributed by atoms with van der Waals surface area (Å²) in [6.45, 7) is 0. The maximum Gasteiger partial charge on any atom is 0.573 e. The number of aldehydes is 1. The molecule has 0 aliphatic carbocycles. The molecule has 116 valence electrons. The Morgan fingerprint density at radius 2 is 1.61 bits per heavy atom. The van der Waals surface area contributed by atoms with E-state index in [9.17, 15) is 18.0 Å². The summed E-state index contributed by atoms with van der Waals surface area (Å²) < 4.78 is 41.1. The van der Waals surface area contributed by atoms with Gasteiger partial charge in [0.25, 0.3) is 0 Å². The highest BCUT2D eigenvalue weighted by Crippen LogP contribution is 2.32. The van der Waals surface area contributed by atoms with Crippen molar-refractivity contribution >= 4 is 17.1 Å². The molecule has 0 atom stereocenters. The van der Waals surface area contributed by atoms with Crippen LogP contribution in [0.25, 0.3) is 21.9 Å². The molecule has 0 bridgehead atoms. The summed E-state index contributed by atoms with van der Waals surface area (Å²) in [4.78, 5) is 11.2. The van der Waals surface area contributed by atoms with Gasteiger partial charge in [0, 0.05) is 5.56 Å². The molecule has 23 heavy (non-hydrogen) atoms. The summed E-state index contributed by atoms with van der Waals surface area (Å²) in [7, 11) is 0. The highest BCUT2D eigenvalue weighted by Gasteiger charge is 2.31. The predicted octanol–water partition coefficient (Wildman–Crippen LogP) is 5.22. The average molecular weight is 316 g/mol. The summed E-state index contributed by atoms with van der Waals surface area (Å²) in [6.07, 6.45) is -4.16. The van der Waals surface area contributed by atoms with Crippen molar-refractivity contribution in [2.24, 2.45) is 0 Å². The number of halogens is 3. The van der Waals surface area contributed by atoms with Gasteiger partial charge in [0.05, 0.1) is 0 Å². The van der Waals surface area contributed by atoms with Crippen LogP contribution in [-0.2, 0) is 0 Å². The highest BCUT2D eigenvalue weighted by atomic mass is 19.4. The van der Waals surface area contributed by atoms with E-state index in [0.717, 1.165) is 16.8 Å². The molecule has 5 heteroatoms. The first-order valence-corrected chi connectivity index (χ1v) is 6.80. The van der Waals surface area contributed by atoms with Gasteiger partial charge in [-0.25, -0.2) is 0 Å². The van der Waals surface area contributed by atoms with Crippen LogP contribution in [0.15, 0.2) is 60.7 Å². The lowest BCUT2D eigenvalue weighted by molar-refractivity contribution is -0.274. The lowest BCUT2D eigenvalue weighted by Crippen LogP contribution is -2.17. The maximum atomic E-state index is 12.4.